The molecule has 0 aromatic carbocycles. The highest BCUT2D eigenvalue weighted by atomic mass is 79.9. The predicted octanol–water partition coefficient (Wildman–Crippen LogP) is 3.59. The standard InChI is InChI=1S/C11H18BrNOS/c1-4-9(7-14-3)13-8(2)10-5-6-11(12)15-10/h5-6,8-9,13H,4,7H2,1-3H3. The number of methoxy groups -OCH3 is 1. The number of nitrogens with one attached hydrogen (secondary N) is 1. The van der Waals surface area contributed by atoms with Gasteiger partial charge in [-0.05, 0) is 41.4 Å². The normalized spacial score (nSPS) is 15.2. The number of ether oxygens (including phenoxy) is 1. The Morgan fingerprint density at radius 3 is 2.73 bits per heavy atom. The first kappa shape index (κ1) is 13.2. The lowest BCUT2D eigenvalue weighted by Gasteiger charge is -2.20. The van der Waals surface area contributed by atoms with E-state index in [0.29, 0.717) is 12.1 Å². The molecule has 86 valence electrons. The van der Waals surface area contributed by atoms with Crippen LogP contribution in [0.2, 0.25) is 0 Å². The van der Waals surface area contributed by atoms with Crippen LogP contribution in [0, 0.1) is 0 Å². The minimum Gasteiger partial charge on any atom is -0.383 e. The van der Waals surface area contributed by atoms with Crippen LogP contribution in [0.5, 0.6) is 0 Å². The zero-order chi connectivity index (χ0) is 11.3. The third-order valence-electron chi connectivity index (χ3n) is 2.37. The van der Waals surface area contributed by atoms with Crippen LogP contribution in [0.3, 0.4) is 0 Å². The first-order valence-electron chi connectivity index (χ1n) is 5.17. The molecule has 0 aliphatic heterocycles. The number of hydrogen-bond acceptors (Lipinski definition) is 3. The quantitative estimate of drug-likeness (QED) is 0.865. The van der Waals surface area contributed by atoms with Crippen LogP contribution in [-0.2, 0) is 4.74 Å². The largest absolute Gasteiger partial charge is 0.383 e. The van der Waals surface area contributed by atoms with E-state index in [2.05, 4.69) is 47.2 Å². The maximum Gasteiger partial charge on any atom is 0.0701 e. The van der Waals surface area contributed by atoms with Gasteiger partial charge in [0, 0.05) is 24.1 Å². The third-order valence-corrected chi connectivity index (χ3v) is 4.17. The molecule has 2 nitrogen and oxygen atoms in total. The van der Waals surface area contributed by atoms with Gasteiger partial charge >= 0.3 is 0 Å². The van der Waals surface area contributed by atoms with Crippen LogP contribution in [0.1, 0.15) is 31.2 Å². The van der Waals surface area contributed by atoms with E-state index >= 15 is 0 Å². The molecule has 0 fully saturated rings. The van der Waals surface area contributed by atoms with Gasteiger partial charge < -0.3 is 10.1 Å². The fourth-order valence-electron chi connectivity index (χ4n) is 1.48. The molecule has 0 aliphatic carbocycles. The minimum atomic E-state index is 0.390. The van der Waals surface area contributed by atoms with Crippen LogP contribution in [0.15, 0.2) is 15.9 Å². The van der Waals surface area contributed by atoms with Crippen molar-refractivity contribution in [3.8, 4) is 0 Å². The average molecular weight is 292 g/mol. The molecule has 0 amide bonds. The SMILES string of the molecule is CCC(COC)NC(C)c1ccc(Br)s1. The van der Waals surface area contributed by atoms with Crippen molar-refractivity contribution in [1.29, 1.82) is 0 Å². The summed E-state index contributed by atoms with van der Waals surface area (Å²) < 4.78 is 6.35. The summed E-state index contributed by atoms with van der Waals surface area (Å²) >= 11 is 5.26. The van der Waals surface area contributed by atoms with E-state index in [0.717, 1.165) is 13.0 Å². The number of rotatable bonds is 6. The Morgan fingerprint density at radius 1 is 1.53 bits per heavy atom. The van der Waals surface area contributed by atoms with Gasteiger partial charge in [0.1, 0.15) is 0 Å². The lowest BCUT2D eigenvalue weighted by atomic mass is 10.2. The summed E-state index contributed by atoms with van der Waals surface area (Å²) in [4.78, 5) is 1.36. The topological polar surface area (TPSA) is 21.3 Å². The molecule has 0 radical (unpaired) electrons. The van der Waals surface area contributed by atoms with Crippen LogP contribution >= 0.6 is 27.3 Å². The average Bonchev–Trinajstić information content (AvgIpc) is 2.64. The third kappa shape index (κ3) is 4.23. The summed E-state index contributed by atoms with van der Waals surface area (Å²) in [6, 6.07) is 5.08. The Morgan fingerprint density at radius 2 is 2.27 bits per heavy atom. The van der Waals surface area contributed by atoms with Gasteiger partial charge in [0.05, 0.1) is 10.4 Å². The second kappa shape index (κ2) is 6.63. The Kier molecular flexibility index (Phi) is 5.82. The van der Waals surface area contributed by atoms with Crippen molar-refractivity contribution in [1.82, 2.24) is 5.32 Å². The van der Waals surface area contributed by atoms with Gasteiger partial charge in [-0.2, -0.15) is 0 Å². The first-order chi connectivity index (χ1) is 7.17. The summed E-state index contributed by atoms with van der Waals surface area (Å²) in [6.45, 7) is 5.14. The summed E-state index contributed by atoms with van der Waals surface area (Å²) in [7, 11) is 1.75. The van der Waals surface area contributed by atoms with Crippen LogP contribution < -0.4 is 5.32 Å². The second-order valence-corrected chi connectivity index (χ2v) is 6.09. The van der Waals surface area contributed by atoms with Gasteiger partial charge in [0.2, 0.25) is 0 Å². The maximum atomic E-state index is 5.17. The van der Waals surface area contributed by atoms with Gasteiger partial charge in [-0.3, -0.25) is 0 Å². The van der Waals surface area contributed by atoms with E-state index in [1.165, 1.54) is 8.66 Å². The molecule has 0 bridgehead atoms. The van der Waals surface area contributed by atoms with E-state index in [9.17, 15) is 0 Å². The number of halogens is 1. The Labute approximate surface area is 104 Å². The number of hydrogen-bond donors (Lipinski definition) is 1. The van der Waals surface area contributed by atoms with Crippen LogP contribution in [-0.4, -0.2) is 19.8 Å². The molecule has 1 rings (SSSR count). The minimum absolute atomic E-state index is 0.390. The van der Waals surface area contributed by atoms with Crippen molar-refractivity contribution >= 4 is 27.3 Å². The zero-order valence-corrected chi connectivity index (χ0v) is 11.8. The predicted molar refractivity (Wildman–Crippen MR) is 69.5 cm³/mol. The highest BCUT2D eigenvalue weighted by molar-refractivity contribution is 9.11. The molecule has 1 N–H and O–H groups in total. The van der Waals surface area contributed by atoms with E-state index < -0.39 is 0 Å². The molecule has 1 heterocycles. The monoisotopic (exact) mass is 291 g/mol. The molecule has 0 saturated carbocycles. The van der Waals surface area contributed by atoms with Crippen molar-refractivity contribution in [3.05, 3.63) is 20.8 Å². The molecule has 2 atom stereocenters. The lowest BCUT2D eigenvalue weighted by Crippen LogP contribution is -2.34. The van der Waals surface area contributed by atoms with E-state index in [-0.39, 0.29) is 0 Å². The fourth-order valence-corrected chi connectivity index (χ4v) is 2.92. The summed E-state index contributed by atoms with van der Waals surface area (Å²) in [5.74, 6) is 0. The molecule has 4 heteroatoms. The van der Waals surface area contributed by atoms with Gasteiger partial charge in [-0.1, -0.05) is 6.92 Å². The van der Waals surface area contributed by atoms with Crippen molar-refractivity contribution in [2.45, 2.75) is 32.4 Å². The summed E-state index contributed by atoms with van der Waals surface area (Å²) in [5.41, 5.74) is 0. The zero-order valence-electron chi connectivity index (χ0n) is 9.42. The number of thiophene rings is 1. The van der Waals surface area contributed by atoms with Gasteiger partial charge in [-0.25, -0.2) is 0 Å². The molecule has 0 saturated heterocycles. The van der Waals surface area contributed by atoms with Crippen molar-refractivity contribution in [2.24, 2.45) is 0 Å². The molecule has 2 unspecified atom stereocenters. The van der Waals surface area contributed by atoms with Gasteiger partial charge in [0.15, 0.2) is 0 Å². The van der Waals surface area contributed by atoms with Crippen molar-refractivity contribution in [2.75, 3.05) is 13.7 Å². The van der Waals surface area contributed by atoms with E-state index in [1.54, 1.807) is 18.4 Å². The molecule has 0 aliphatic rings. The van der Waals surface area contributed by atoms with Gasteiger partial charge in [0.25, 0.3) is 0 Å². The second-order valence-electron chi connectivity index (χ2n) is 3.59. The molecule has 0 spiro atoms. The summed E-state index contributed by atoms with van der Waals surface area (Å²) in [6.07, 6.45) is 1.09. The molecular weight excluding hydrogens is 274 g/mol. The molecular formula is C11H18BrNOS. The highest BCUT2D eigenvalue weighted by Gasteiger charge is 2.12. The van der Waals surface area contributed by atoms with E-state index in [1.807, 2.05) is 0 Å². The van der Waals surface area contributed by atoms with Crippen molar-refractivity contribution in [3.63, 3.8) is 0 Å². The fraction of sp³-hybridized carbons (Fsp3) is 0.636. The first-order valence-corrected chi connectivity index (χ1v) is 6.78. The maximum absolute atomic E-state index is 5.17. The smallest absolute Gasteiger partial charge is 0.0701 e. The lowest BCUT2D eigenvalue weighted by molar-refractivity contribution is 0.160. The van der Waals surface area contributed by atoms with Crippen molar-refractivity contribution < 1.29 is 4.74 Å². The van der Waals surface area contributed by atoms with Gasteiger partial charge in [-0.15, -0.1) is 11.3 Å². The molecule has 1 aromatic heterocycles. The highest BCUT2D eigenvalue weighted by Crippen LogP contribution is 2.27. The Balaban J connectivity index is 2.50. The Hall–Kier alpha value is 0.1000. The molecule has 15 heavy (non-hydrogen) atoms. The van der Waals surface area contributed by atoms with E-state index in [4.69, 9.17) is 4.74 Å². The van der Waals surface area contributed by atoms with Crippen LogP contribution in [0.25, 0.3) is 0 Å². The Bertz CT molecular complexity index is 290. The summed E-state index contributed by atoms with van der Waals surface area (Å²) in [5, 5.41) is 3.56. The van der Waals surface area contributed by atoms with Crippen LogP contribution in [0.4, 0.5) is 0 Å². The molecule has 1 aromatic rings.